The van der Waals surface area contributed by atoms with Crippen LogP contribution < -0.4 is 5.32 Å². The van der Waals surface area contributed by atoms with Gasteiger partial charge >= 0.3 is 0 Å². The first kappa shape index (κ1) is 13.5. The third-order valence-electron chi connectivity index (χ3n) is 2.15. The number of rotatable bonds is 2. The smallest absolute Gasteiger partial charge is 0.256 e. The van der Waals surface area contributed by atoms with E-state index in [-0.39, 0.29) is 5.91 Å². The van der Waals surface area contributed by atoms with Gasteiger partial charge in [-0.15, -0.1) is 0 Å². The summed E-state index contributed by atoms with van der Waals surface area (Å²) >= 11 is 12.4. The van der Waals surface area contributed by atoms with E-state index in [0.29, 0.717) is 20.9 Å². The van der Waals surface area contributed by atoms with E-state index in [2.05, 4.69) is 42.2 Å². The minimum absolute atomic E-state index is 0.234. The van der Waals surface area contributed by atoms with E-state index in [0.717, 1.165) is 4.47 Å². The number of hydrogen-bond acceptors (Lipinski definition) is 2. The topological polar surface area (TPSA) is 42.0 Å². The van der Waals surface area contributed by atoms with Crippen molar-refractivity contribution in [2.24, 2.45) is 0 Å². The first-order valence-corrected chi connectivity index (χ1v) is 6.90. The number of hydrogen-bond donors (Lipinski definition) is 1. The maximum atomic E-state index is 11.9. The van der Waals surface area contributed by atoms with Crippen molar-refractivity contribution in [1.29, 1.82) is 0 Å². The Morgan fingerprint density at radius 1 is 1.22 bits per heavy atom. The zero-order valence-corrected chi connectivity index (χ0v) is 12.9. The lowest BCUT2D eigenvalue weighted by molar-refractivity contribution is 0.102. The minimum Gasteiger partial charge on any atom is -0.307 e. The Kier molecular flexibility index (Phi) is 4.37. The summed E-state index contributed by atoms with van der Waals surface area (Å²) in [5, 5.41) is 3.26. The molecule has 0 spiro atoms. The monoisotopic (exact) mass is 388 g/mol. The molecule has 18 heavy (non-hydrogen) atoms. The van der Waals surface area contributed by atoms with Gasteiger partial charge in [0.25, 0.3) is 5.91 Å². The average Bonchev–Trinajstić information content (AvgIpc) is 2.35. The van der Waals surface area contributed by atoms with Crippen molar-refractivity contribution in [2.45, 2.75) is 0 Å². The number of amides is 1. The largest absolute Gasteiger partial charge is 0.307 e. The molecule has 1 N–H and O–H groups in total. The summed E-state index contributed by atoms with van der Waals surface area (Å²) in [6.07, 6.45) is 1.62. The van der Waals surface area contributed by atoms with Crippen molar-refractivity contribution >= 4 is 55.2 Å². The Morgan fingerprint density at radius 2 is 2.00 bits per heavy atom. The Morgan fingerprint density at radius 3 is 2.61 bits per heavy atom. The number of nitrogens with zero attached hydrogens (tertiary/aromatic N) is 1. The molecule has 0 bridgehead atoms. The van der Waals surface area contributed by atoms with Crippen LogP contribution >= 0.6 is 43.5 Å². The van der Waals surface area contributed by atoms with E-state index in [1.165, 1.54) is 0 Å². The van der Waals surface area contributed by atoms with Gasteiger partial charge in [-0.1, -0.05) is 11.6 Å². The minimum atomic E-state index is -0.234. The summed E-state index contributed by atoms with van der Waals surface area (Å²) in [5.74, 6) is 0.261. The van der Waals surface area contributed by atoms with Crippen molar-refractivity contribution in [3.63, 3.8) is 0 Å². The van der Waals surface area contributed by atoms with Gasteiger partial charge in [-0.05, 0) is 62.2 Å². The van der Waals surface area contributed by atoms with Crippen LogP contribution in [0.15, 0.2) is 45.5 Å². The third kappa shape index (κ3) is 3.31. The molecule has 0 aliphatic heterocycles. The predicted octanol–water partition coefficient (Wildman–Crippen LogP) is 4.51. The van der Waals surface area contributed by atoms with Crippen LogP contribution in [-0.2, 0) is 0 Å². The van der Waals surface area contributed by atoms with Gasteiger partial charge in [0.15, 0.2) is 0 Å². The number of anilines is 1. The van der Waals surface area contributed by atoms with Crippen molar-refractivity contribution < 1.29 is 4.79 Å². The number of pyridine rings is 1. The quantitative estimate of drug-likeness (QED) is 0.820. The molecule has 1 aromatic heterocycles. The Hall–Kier alpha value is -0.910. The first-order chi connectivity index (χ1) is 8.56. The van der Waals surface area contributed by atoms with Gasteiger partial charge in [0.05, 0.1) is 5.02 Å². The van der Waals surface area contributed by atoms with Crippen molar-refractivity contribution in [1.82, 2.24) is 4.98 Å². The molecule has 1 heterocycles. The lowest BCUT2D eigenvalue weighted by Crippen LogP contribution is -2.12. The van der Waals surface area contributed by atoms with Crippen LogP contribution in [0.5, 0.6) is 0 Å². The maximum absolute atomic E-state index is 11.9. The molecule has 0 saturated heterocycles. The highest BCUT2D eigenvalue weighted by Crippen LogP contribution is 2.23. The number of benzene rings is 1. The fourth-order valence-electron chi connectivity index (χ4n) is 1.28. The van der Waals surface area contributed by atoms with E-state index < -0.39 is 0 Å². The van der Waals surface area contributed by atoms with Gasteiger partial charge in [-0.3, -0.25) is 4.79 Å². The molecular formula is C12H7Br2ClN2O. The van der Waals surface area contributed by atoms with Crippen LogP contribution in [0.3, 0.4) is 0 Å². The Bertz CT molecular complexity index is 587. The van der Waals surface area contributed by atoms with Crippen LogP contribution in [0.2, 0.25) is 5.02 Å². The molecule has 0 unspecified atom stereocenters. The summed E-state index contributed by atoms with van der Waals surface area (Å²) in [6, 6.07) is 8.50. The number of carbonyl (C=O) groups excluding carboxylic acids is 1. The van der Waals surface area contributed by atoms with Gasteiger partial charge in [-0.25, -0.2) is 4.98 Å². The van der Waals surface area contributed by atoms with Crippen LogP contribution in [0.1, 0.15) is 10.4 Å². The molecule has 0 aliphatic carbocycles. The fraction of sp³-hybridized carbons (Fsp3) is 0. The van der Waals surface area contributed by atoms with Gasteiger partial charge in [0, 0.05) is 20.7 Å². The Balaban J connectivity index is 2.16. The number of aromatic nitrogens is 1. The van der Waals surface area contributed by atoms with Crippen molar-refractivity contribution in [3.8, 4) is 0 Å². The Labute approximate surface area is 126 Å². The molecule has 2 aromatic rings. The molecular weight excluding hydrogens is 383 g/mol. The molecule has 0 fully saturated rings. The fourth-order valence-corrected chi connectivity index (χ4v) is 2.01. The predicted molar refractivity (Wildman–Crippen MR) is 79.0 cm³/mol. The van der Waals surface area contributed by atoms with E-state index >= 15 is 0 Å². The molecule has 1 amide bonds. The van der Waals surface area contributed by atoms with Crippen LogP contribution in [0.25, 0.3) is 0 Å². The van der Waals surface area contributed by atoms with E-state index in [1.54, 1.807) is 36.5 Å². The second kappa shape index (κ2) is 5.82. The molecule has 0 radical (unpaired) electrons. The number of carbonyl (C=O) groups is 1. The first-order valence-electron chi connectivity index (χ1n) is 4.94. The van der Waals surface area contributed by atoms with Crippen LogP contribution in [0.4, 0.5) is 5.82 Å². The lowest BCUT2D eigenvalue weighted by atomic mass is 10.2. The number of nitrogens with one attached hydrogen (secondary N) is 1. The zero-order chi connectivity index (χ0) is 13.1. The normalized spacial score (nSPS) is 10.2. The second-order valence-corrected chi connectivity index (χ2v) is 5.62. The summed E-state index contributed by atoms with van der Waals surface area (Å²) in [6.45, 7) is 0. The van der Waals surface area contributed by atoms with E-state index in [9.17, 15) is 4.79 Å². The van der Waals surface area contributed by atoms with Gasteiger partial charge in [0.1, 0.15) is 5.82 Å². The molecule has 1 aromatic carbocycles. The maximum Gasteiger partial charge on any atom is 0.256 e. The zero-order valence-electron chi connectivity index (χ0n) is 8.95. The SMILES string of the molecule is O=C(Nc1ccc(Br)cn1)c1ccc(Cl)c(Br)c1. The highest BCUT2D eigenvalue weighted by Gasteiger charge is 2.08. The molecule has 0 aliphatic rings. The highest BCUT2D eigenvalue weighted by molar-refractivity contribution is 9.10. The van der Waals surface area contributed by atoms with Gasteiger partial charge < -0.3 is 5.32 Å². The van der Waals surface area contributed by atoms with E-state index in [1.807, 2.05) is 0 Å². The summed E-state index contributed by atoms with van der Waals surface area (Å²) in [4.78, 5) is 16.0. The molecule has 2 rings (SSSR count). The average molecular weight is 390 g/mol. The van der Waals surface area contributed by atoms with Crippen LogP contribution in [0, 0.1) is 0 Å². The highest BCUT2D eigenvalue weighted by atomic mass is 79.9. The van der Waals surface area contributed by atoms with Crippen LogP contribution in [-0.4, -0.2) is 10.9 Å². The molecule has 0 atom stereocenters. The third-order valence-corrected chi connectivity index (χ3v) is 3.83. The lowest BCUT2D eigenvalue weighted by Gasteiger charge is -2.05. The summed E-state index contributed by atoms with van der Waals surface area (Å²) < 4.78 is 1.54. The standard InChI is InChI=1S/C12H7Br2ClN2O/c13-8-2-4-11(16-6-8)17-12(18)7-1-3-10(15)9(14)5-7/h1-6H,(H,16,17,18). The number of halogens is 3. The van der Waals surface area contributed by atoms with Crippen molar-refractivity contribution in [2.75, 3.05) is 5.32 Å². The molecule has 0 saturated carbocycles. The summed E-state index contributed by atoms with van der Waals surface area (Å²) in [7, 11) is 0. The van der Waals surface area contributed by atoms with Gasteiger partial charge in [0.2, 0.25) is 0 Å². The van der Waals surface area contributed by atoms with Crippen molar-refractivity contribution in [3.05, 3.63) is 56.1 Å². The molecule has 92 valence electrons. The summed E-state index contributed by atoms with van der Waals surface area (Å²) in [5.41, 5.74) is 0.510. The molecule has 6 heteroatoms. The molecule has 3 nitrogen and oxygen atoms in total. The van der Waals surface area contributed by atoms with E-state index in [4.69, 9.17) is 11.6 Å². The second-order valence-electron chi connectivity index (χ2n) is 3.44. The van der Waals surface area contributed by atoms with Gasteiger partial charge in [-0.2, -0.15) is 0 Å².